The molecule has 0 saturated carbocycles. The van der Waals surface area contributed by atoms with Crippen LogP contribution in [-0.2, 0) is 13.5 Å². The topological polar surface area (TPSA) is 42.7 Å². The average Bonchev–Trinajstić information content (AvgIpc) is 2.64. The van der Waals surface area contributed by atoms with Crippen LogP contribution in [0, 0.1) is 6.92 Å². The summed E-state index contributed by atoms with van der Waals surface area (Å²) < 4.78 is 1.93. The van der Waals surface area contributed by atoms with Crippen molar-refractivity contribution in [3.63, 3.8) is 0 Å². The molecular weight excluding hydrogens is 212 g/mol. The van der Waals surface area contributed by atoms with Gasteiger partial charge in [0.05, 0.1) is 11.4 Å². The molecule has 0 aliphatic heterocycles. The first kappa shape index (κ1) is 11.8. The SMILES string of the molecule is CNCCc1nn(C)c(C)c1-c1ccccn1. The van der Waals surface area contributed by atoms with Crippen molar-refractivity contribution in [3.8, 4) is 11.3 Å². The van der Waals surface area contributed by atoms with E-state index in [0.717, 1.165) is 30.0 Å². The molecule has 1 N–H and O–H groups in total. The van der Waals surface area contributed by atoms with Gasteiger partial charge in [-0.15, -0.1) is 0 Å². The monoisotopic (exact) mass is 230 g/mol. The Morgan fingerprint density at radius 1 is 1.35 bits per heavy atom. The summed E-state index contributed by atoms with van der Waals surface area (Å²) in [6, 6.07) is 5.98. The smallest absolute Gasteiger partial charge is 0.0739 e. The average molecular weight is 230 g/mol. The Morgan fingerprint density at radius 3 is 2.82 bits per heavy atom. The highest BCUT2D eigenvalue weighted by Gasteiger charge is 2.14. The van der Waals surface area contributed by atoms with Crippen molar-refractivity contribution in [2.24, 2.45) is 7.05 Å². The maximum absolute atomic E-state index is 4.56. The van der Waals surface area contributed by atoms with Gasteiger partial charge in [-0.05, 0) is 26.1 Å². The third-order valence-electron chi connectivity index (χ3n) is 2.94. The number of hydrogen-bond acceptors (Lipinski definition) is 3. The van der Waals surface area contributed by atoms with Gasteiger partial charge < -0.3 is 5.32 Å². The van der Waals surface area contributed by atoms with E-state index in [2.05, 4.69) is 22.3 Å². The Kier molecular flexibility index (Phi) is 3.54. The summed E-state index contributed by atoms with van der Waals surface area (Å²) in [6.45, 7) is 3.01. The zero-order valence-corrected chi connectivity index (χ0v) is 10.6. The van der Waals surface area contributed by atoms with E-state index in [1.54, 1.807) is 0 Å². The molecule has 2 aromatic heterocycles. The molecule has 0 aromatic carbocycles. The summed E-state index contributed by atoms with van der Waals surface area (Å²) in [7, 11) is 3.93. The van der Waals surface area contributed by atoms with Crippen LogP contribution < -0.4 is 5.32 Å². The van der Waals surface area contributed by atoms with Crippen LogP contribution in [0.1, 0.15) is 11.4 Å². The first-order chi connectivity index (χ1) is 8.24. The van der Waals surface area contributed by atoms with Gasteiger partial charge in [-0.1, -0.05) is 6.07 Å². The summed E-state index contributed by atoms with van der Waals surface area (Å²) in [5.74, 6) is 0. The van der Waals surface area contributed by atoms with Crippen LogP contribution in [0.2, 0.25) is 0 Å². The van der Waals surface area contributed by atoms with Gasteiger partial charge in [0, 0.05) is 37.5 Å². The maximum Gasteiger partial charge on any atom is 0.0739 e. The molecule has 0 atom stereocenters. The first-order valence-corrected chi connectivity index (χ1v) is 5.82. The number of aryl methyl sites for hydroxylation is 1. The van der Waals surface area contributed by atoms with Crippen LogP contribution in [0.3, 0.4) is 0 Å². The molecule has 2 aromatic rings. The lowest BCUT2D eigenvalue weighted by Crippen LogP contribution is -2.11. The van der Waals surface area contributed by atoms with Crippen molar-refractivity contribution in [3.05, 3.63) is 35.8 Å². The summed E-state index contributed by atoms with van der Waals surface area (Å²) in [6.07, 6.45) is 2.74. The minimum Gasteiger partial charge on any atom is -0.319 e. The molecule has 4 nitrogen and oxygen atoms in total. The quantitative estimate of drug-likeness (QED) is 0.866. The summed E-state index contributed by atoms with van der Waals surface area (Å²) in [4.78, 5) is 4.42. The molecule has 2 heterocycles. The van der Waals surface area contributed by atoms with E-state index in [9.17, 15) is 0 Å². The van der Waals surface area contributed by atoms with Crippen molar-refractivity contribution in [1.82, 2.24) is 20.1 Å². The molecule has 4 heteroatoms. The number of rotatable bonds is 4. The molecule has 2 rings (SSSR count). The summed E-state index contributed by atoms with van der Waals surface area (Å²) in [5, 5.41) is 7.71. The van der Waals surface area contributed by atoms with E-state index in [1.165, 1.54) is 5.56 Å². The third-order valence-corrected chi connectivity index (χ3v) is 2.94. The highest BCUT2D eigenvalue weighted by molar-refractivity contribution is 5.64. The summed E-state index contributed by atoms with van der Waals surface area (Å²) >= 11 is 0. The van der Waals surface area contributed by atoms with Gasteiger partial charge >= 0.3 is 0 Å². The highest BCUT2D eigenvalue weighted by Crippen LogP contribution is 2.25. The fourth-order valence-electron chi connectivity index (χ4n) is 1.94. The largest absolute Gasteiger partial charge is 0.319 e. The van der Waals surface area contributed by atoms with E-state index in [-0.39, 0.29) is 0 Å². The fraction of sp³-hybridized carbons (Fsp3) is 0.385. The van der Waals surface area contributed by atoms with Gasteiger partial charge in [0.2, 0.25) is 0 Å². The van der Waals surface area contributed by atoms with Crippen molar-refractivity contribution in [2.45, 2.75) is 13.3 Å². The van der Waals surface area contributed by atoms with Crippen LogP contribution in [0.15, 0.2) is 24.4 Å². The normalized spacial score (nSPS) is 10.8. The van der Waals surface area contributed by atoms with Crippen molar-refractivity contribution in [1.29, 1.82) is 0 Å². The predicted octanol–water partition coefficient (Wildman–Crippen LogP) is 1.55. The fourth-order valence-corrected chi connectivity index (χ4v) is 1.94. The zero-order valence-electron chi connectivity index (χ0n) is 10.6. The second-order valence-corrected chi connectivity index (χ2v) is 4.10. The second kappa shape index (κ2) is 5.10. The second-order valence-electron chi connectivity index (χ2n) is 4.10. The van der Waals surface area contributed by atoms with Crippen LogP contribution in [0.4, 0.5) is 0 Å². The van der Waals surface area contributed by atoms with Crippen LogP contribution in [-0.4, -0.2) is 28.4 Å². The third kappa shape index (κ3) is 2.36. The lowest BCUT2D eigenvalue weighted by Gasteiger charge is -2.03. The lowest BCUT2D eigenvalue weighted by atomic mass is 10.1. The molecule has 0 spiro atoms. The molecule has 0 bridgehead atoms. The molecule has 0 amide bonds. The van der Waals surface area contributed by atoms with Gasteiger partial charge in [0.1, 0.15) is 0 Å². The lowest BCUT2D eigenvalue weighted by molar-refractivity contribution is 0.703. The number of aromatic nitrogens is 3. The van der Waals surface area contributed by atoms with E-state index in [4.69, 9.17) is 0 Å². The standard InChI is InChI=1S/C13H18N4/c1-10-13(11-6-4-5-8-15-11)12(7-9-14-2)16-17(10)3/h4-6,8,14H,7,9H2,1-3H3. The maximum atomic E-state index is 4.56. The van der Waals surface area contributed by atoms with Crippen molar-refractivity contribution >= 4 is 0 Å². The molecule has 17 heavy (non-hydrogen) atoms. The highest BCUT2D eigenvalue weighted by atomic mass is 15.3. The Morgan fingerprint density at radius 2 is 2.18 bits per heavy atom. The molecule has 0 radical (unpaired) electrons. The summed E-state index contributed by atoms with van der Waals surface area (Å²) in [5.41, 5.74) is 4.44. The number of nitrogens with zero attached hydrogens (tertiary/aromatic N) is 3. The van der Waals surface area contributed by atoms with Crippen molar-refractivity contribution in [2.75, 3.05) is 13.6 Å². The van der Waals surface area contributed by atoms with Crippen LogP contribution >= 0.6 is 0 Å². The Labute approximate surface area is 102 Å². The predicted molar refractivity (Wildman–Crippen MR) is 68.8 cm³/mol. The Bertz CT molecular complexity index is 488. The molecule has 90 valence electrons. The zero-order chi connectivity index (χ0) is 12.3. The minimum absolute atomic E-state index is 0.921. The number of pyridine rings is 1. The van der Waals surface area contributed by atoms with E-state index < -0.39 is 0 Å². The number of likely N-dealkylation sites (N-methyl/N-ethyl adjacent to an activating group) is 1. The number of hydrogen-bond donors (Lipinski definition) is 1. The molecule has 0 aliphatic rings. The van der Waals surface area contributed by atoms with Gasteiger partial charge in [0.25, 0.3) is 0 Å². The Balaban J connectivity index is 2.44. The van der Waals surface area contributed by atoms with E-state index in [0.29, 0.717) is 0 Å². The minimum atomic E-state index is 0.921. The van der Waals surface area contributed by atoms with E-state index in [1.807, 2.05) is 43.2 Å². The van der Waals surface area contributed by atoms with Gasteiger partial charge in [-0.3, -0.25) is 9.67 Å². The number of nitrogens with one attached hydrogen (secondary N) is 1. The first-order valence-electron chi connectivity index (χ1n) is 5.82. The van der Waals surface area contributed by atoms with Crippen LogP contribution in [0.5, 0.6) is 0 Å². The molecule has 0 saturated heterocycles. The molecule has 0 aliphatic carbocycles. The van der Waals surface area contributed by atoms with Gasteiger partial charge in [-0.25, -0.2) is 0 Å². The Hall–Kier alpha value is -1.68. The van der Waals surface area contributed by atoms with Crippen LogP contribution in [0.25, 0.3) is 11.3 Å². The van der Waals surface area contributed by atoms with E-state index >= 15 is 0 Å². The van der Waals surface area contributed by atoms with Gasteiger partial charge in [-0.2, -0.15) is 5.10 Å². The van der Waals surface area contributed by atoms with Gasteiger partial charge in [0.15, 0.2) is 0 Å². The van der Waals surface area contributed by atoms with Crippen molar-refractivity contribution < 1.29 is 0 Å². The molecular formula is C13H18N4. The molecule has 0 fully saturated rings. The molecule has 0 unspecified atom stereocenters.